The van der Waals surface area contributed by atoms with Crippen molar-refractivity contribution in [3.05, 3.63) is 23.8 Å². The fraction of sp³-hybridized carbons (Fsp3) is 0.600. The molecule has 0 aromatic carbocycles. The van der Waals surface area contributed by atoms with E-state index in [4.69, 9.17) is 0 Å². The molecule has 0 aromatic heterocycles. The summed E-state index contributed by atoms with van der Waals surface area (Å²) in [5, 5.41) is 3.31. The van der Waals surface area contributed by atoms with Crippen molar-refractivity contribution in [2.45, 2.75) is 27.2 Å². The molecule has 64 valence electrons. The Labute approximate surface area is 70.2 Å². The van der Waals surface area contributed by atoms with Crippen molar-refractivity contribution in [3.8, 4) is 0 Å². The van der Waals surface area contributed by atoms with Crippen LogP contribution in [0.2, 0.25) is 0 Å². The van der Waals surface area contributed by atoms with E-state index in [0.717, 1.165) is 19.5 Å². The molecule has 0 aliphatic rings. The van der Waals surface area contributed by atoms with E-state index >= 15 is 0 Å². The first-order chi connectivity index (χ1) is 5.13. The third-order valence-corrected chi connectivity index (χ3v) is 1.38. The van der Waals surface area contributed by atoms with Crippen molar-refractivity contribution < 1.29 is 0 Å². The number of rotatable bonds is 5. The second-order valence-corrected chi connectivity index (χ2v) is 3.19. The fourth-order valence-corrected chi connectivity index (χ4v) is 0.680. The number of allylic oxidation sites excluding steroid dienone is 1. The van der Waals surface area contributed by atoms with E-state index in [1.54, 1.807) is 0 Å². The van der Waals surface area contributed by atoms with E-state index in [1.807, 2.05) is 0 Å². The third kappa shape index (κ3) is 9.44. The van der Waals surface area contributed by atoms with E-state index in [2.05, 4.69) is 38.7 Å². The molecule has 0 rings (SSSR count). The van der Waals surface area contributed by atoms with Gasteiger partial charge in [0.2, 0.25) is 0 Å². The Morgan fingerprint density at radius 3 is 2.45 bits per heavy atom. The molecule has 0 amide bonds. The fourth-order valence-electron chi connectivity index (χ4n) is 0.680. The Morgan fingerprint density at radius 1 is 1.36 bits per heavy atom. The third-order valence-electron chi connectivity index (χ3n) is 1.38. The molecule has 1 nitrogen and oxygen atoms in total. The van der Waals surface area contributed by atoms with Gasteiger partial charge in [0.15, 0.2) is 0 Å². The van der Waals surface area contributed by atoms with Crippen molar-refractivity contribution >= 4 is 0 Å². The normalized spacial score (nSPS) is 9.36. The lowest BCUT2D eigenvalue weighted by molar-refractivity contribution is 0.739. The minimum Gasteiger partial charge on any atom is -0.313 e. The Morgan fingerprint density at radius 2 is 2.00 bits per heavy atom. The SMILES string of the molecule is C=C(C)CCNCC=C(C)C. The molecule has 0 radical (unpaired) electrons. The molecule has 0 atom stereocenters. The van der Waals surface area contributed by atoms with Crippen LogP contribution in [0.25, 0.3) is 0 Å². The summed E-state index contributed by atoms with van der Waals surface area (Å²) in [5.74, 6) is 0. The highest BCUT2D eigenvalue weighted by Gasteiger charge is 1.85. The number of hydrogen-bond donors (Lipinski definition) is 1. The molecule has 0 saturated heterocycles. The van der Waals surface area contributed by atoms with Gasteiger partial charge in [-0.25, -0.2) is 0 Å². The van der Waals surface area contributed by atoms with Crippen molar-refractivity contribution in [1.82, 2.24) is 5.32 Å². The Balaban J connectivity index is 3.15. The first kappa shape index (κ1) is 10.4. The van der Waals surface area contributed by atoms with Crippen LogP contribution in [-0.4, -0.2) is 13.1 Å². The van der Waals surface area contributed by atoms with Gasteiger partial charge < -0.3 is 5.32 Å². The second kappa shape index (κ2) is 6.17. The van der Waals surface area contributed by atoms with Gasteiger partial charge in [0.05, 0.1) is 0 Å². The summed E-state index contributed by atoms with van der Waals surface area (Å²) in [6, 6.07) is 0. The van der Waals surface area contributed by atoms with Crippen LogP contribution in [0.1, 0.15) is 27.2 Å². The van der Waals surface area contributed by atoms with Gasteiger partial charge in [0.25, 0.3) is 0 Å². The molecule has 0 fully saturated rings. The van der Waals surface area contributed by atoms with Crippen LogP contribution in [0.5, 0.6) is 0 Å². The zero-order valence-corrected chi connectivity index (χ0v) is 7.91. The zero-order chi connectivity index (χ0) is 8.69. The molecule has 1 heteroatoms. The minimum atomic E-state index is 0.982. The lowest BCUT2D eigenvalue weighted by Gasteiger charge is -2.00. The first-order valence-electron chi connectivity index (χ1n) is 4.11. The predicted octanol–water partition coefficient (Wildman–Crippen LogP) is 2.51. The van der Waals surface area contributed by atoms with Crippen molar-refractivity contribution in [1.29, 1.82) is 0 Å². The van der Waals surface area contributed by atoms with Gasteiger partial charge in [0.1, 0.15) is 0 Å². The van der Waals surface area contributed by atoms with E-state index < -0.39 is 0 Å². The second-order valence-electron chi connectivity index (χ2n) is 3.19. The molecular weight excluding hydrogens is 134 g/mol. The average Bonchev–Trinajstić information content (AvgIpc) is 1.85. The maximum Gasteiger partial charge on any atom is 0.0137 e. The monoisotopic (exact) mass is 153 g/mol. The highest BCUT2D eigenvalue weighted by molar-refractivity contribution is 4.95. The van der Waals surface area contributed by atoms with E-state index in [1.165, 1.54) is 11.1 Å². The molecule has 1 N–H and O–H groups in total. The summed E-state index contributed by atoms with van der Waals surface area (Å²) in [4.78, 5) is 0. The van der Waals surface area contributed by atoms with Crippen LogP contribution in [-0.2, 0) is 0 Å². The van der Waals surface area contributed by atoms with Gasteiger partial charge in [-0.15, -0.1) is 6.58 Å². The Hall–Kier alpha value is -0.560. The quantitative estimate of drug-likeness (QED) is 0.472. The van der Waals surface area contributed by atoms with Crippen molar-refractivity contribution in [3.63, 3.8) is 0 Å². The molecule has 0 spiro atoms. The largest absolute Gasteiger partial charge is 0.313 e. The highest BCUT2D eigenvalue weighted by Crippen LogP contribution is 1.92. The van der Waals surface area contributed by atoms with Gasteiger partial charge >= 0.3 is 0 Å². The van der Waals surface area contributed by atoms with Gasteiger partial charge in [-0.3, -0.25) is 0 Å². The topological polar surface area (TPSA) is 12.0 Å². The smallest absolute Gasteiger partial charge is 0.0137 e. The molecule has 11 heavy (non-hydrogen) atoms. The van der Waals surface area contributed by atoms with Crippen LogP contribution in [0, 0.1) is 0 Å². The van der Waals surface area contributed by atoms with E-state index in [9.17, 15) is 0 Å². The standard InChI is InChI=1S/C10H19N/c1-9(2)5-7-11-8-6-10(3)4/h6,11H,1,5,7-8H2,2-4H3. The van der Waals surface area contributed by atoms with Crippen molar-refractivity contribution in [2.24, 2.45) is 0 Å². The maximum atomic E-state index is 3.83. The predicted molar refractivity (Wildman–Crippen MR) is 51.7 cm³/mol. The average molecular weight is 153 g/mol. The van der Waals surface area contributed by atoms with Crippen LogP contribution in [0.4, 0.5) is 0 Å². The summed E-state index contributed by atoms with van der Waals surface area (Å²) in [5.41, 5.74) is 2.61. The summed E-state index contributed by atoms with van der Waals surface area (Å²) < 4.78 is 0. The molecule has 0 saturated carbocycles. The highest BCUT2D eigenvalue weighted by atomic mass is 14.8. The molecule has 0 heterocycles. The van der Waals surface area contributed by atoms with Crippen LogP contribution in [0.3, 0.4) is 0 Å². The van der Waals surface area contributed by atoms with Gasteiger partial charge in [-0.1, -0.05) is 17.2 Å². The molecule has 0 unspecified atom stereocenters. The van der Waals surface area contributed by atoms with Gasteiger partial charge in [0, 0.05) is 6.54 Å². The molecule has 0 bridgehead atoms. The summed E-state index contributed by atoms with van der Waals surface area (Å²) >= 11 is 0. The van der Waals surface area contributed by atoms with Crippen LogP contribution >= 0.6 is 0 Å². The van der Waals surface area contributed by atoms with Crippen LogP contribution < -0.4 is 5.32 Å². The molecule has 0 aliphatic carbocycles. The first-order valence-corrected chi connectivity index (χ1v) is 4.11. The van der Waals surface area contributed by atoms with E-state index in [-0.39, 0.29) is 0 Å². The minimum absolute atomic E-state index is 0.982. The van der Waals surface area contributed by atoms with Crippen molar-refractivity contribution in [2.75, 3.05) is 13.1 Å². The molecular formula is C10H19N. The lowest BCUT2D eigenvalue weighted by Crippen LogP contribution is -2.15. The number of nitrogens with one attached hydrogen (secondary N) is 1. The van der Waals surface area contributed by atoms with Gasteiger partial charge in [-0.05, 0) is 33.7 Å². The Bertz CT molecular complexity index is 141. The Kier molecular flexibility index (Phi) is 5.86. The summed E-state index contributed by atoms with van der Waals surface area (Å²) in [6.07, 6.45) is 3.27. The lowest BCUT2D eigenvalue weighted by atomic mass is 10.2. The van der Waals surface area contributed by atoms with E-state index in [0.29, 0.717) is 0 Å². The summed E-state index contributed by atoms with van der Waals surface area (Å²) in [7, 11) is 0. The number of hydrogen-bond acceptors (Lipinski definition) is 1. The summed E-state index contributed by atoms with van der Waals surface area (Å²) in [6.45, 7) is 12.1. The van der Waals surface area contributed by atoms with Crippen LogP contribution in [0.15, 0.2) is 23.8 Å². The van der Waals surface area contributed by atoms with Gasteiger partial charge in [-0.2, -0.15) is 0 Å². The zero-order valence-electron chi connectivity index (χ0n) is 7.91. The maximum absolute atomic E-state index is 3.83. The molecule has 0 aromatic rings. The molecule has 0 aliphatic heterocycles.